The Bertz CT molecular complexity index is 1130. The largest absolute Gasteiger partial charge is 0.508 e. The van der Waals surface area contributed by atoms with Gasteiger partial charge in [0, 0.05) is 11.5 Å². The summed E-state index contributed by atoms with van der Waals surface area (Å²) in [5, 5.41) is 10.5. The fraction of sp³-hybridized carbons (Fsp3) is 0.320. The van der Waals surface area contributed by atoms with Crippen LogP contribution in [-0.4, -0.2) is 35.7 Å². The SMILES string of the molecule is CCOc1ccc(C2C3C(NNC3c3ccccc3O)C(=O)N2Cc2ccco2)cc1OC. The maximum atomic E-state index is 13.5. The van der Waals surface area contributed by atoms with E-state index in [1.807, 2.05) is 54.3 Å². The summed E-state index contributed by atoms with van der Waals surface area (Å²) in [4.78, 5) is 15.4. The van der Waals surface area contributed by atoms with E-state index in [2.05, 4.69) is 10.9 Å². The number of ether oxygens (including phenoxy) is 2. The highest BCUT2D eigenvalue weighted by Gasteiger charge is 2.56. The predicted octanol–water partition coefficient (Wildman–Crippen LogP) is 3.31. The van der Waals surface area contributed by atoms with Gasteiger partial charge in [-0.1, -0.05) is 24.3 Å². The van der Waals surface area contributed by atoms with E-state index in [9.17, 15) is 9.90 Å². The highest BCUT2D eigenvalue weighted by molar-refractivity contribution is 5.86. The van der Waals surface area contributed by atoms with Crippen molar-refractivity contribution < 1.29 is 23.8 Å². The first-order valence-electron chi connectivity index (χ1n) is 11.0. The summed E-state index contributed by atoms with van der Waals surface area (Å²) in [6, 6.07) is 15.7. The lowest BCUT2D eigenvalue weighted by Crippen LogP contribution is -2.41. The zero-order valence-corrected chi connectivity index (χ0v) is 18.5. The second-order valence-corrected chi connectivity index (χ2v) is 8.21. The average Bonchev–Trinajstić information content (AvgIpc) is 3.55. The minimum atomic E-state index is -0.452. The molecule has 0 spiro atoms. The number of hydrogen-bond acceptors (Lipinski definition) is 7. The first kappa shape index (κ1) is 21.4. The molecule has 3 N–H and O–H groups in total. The van der Waals surface area contributed by atoms with Crippen molar-refractivity contribution in [3.63, 3.8) is 0 Å². The Morgan fingerprint density at radius 1 is 1.06 bits per heavy atom. The summed E-state index contributed by atoms with van der Waals surface area (Å²) in [7, 11) is 1.61. The number of furan rings is 1. The number of methoxy groups -OCH3 is 1. The van der Waals surface area contributed by atoms with Gasteiger partial charge in [0.05, 0.1) is 38.6 Å². The van der Waals surface area contributed by atoms with Gasteiger partial charge in [0.25, 0.3) is 0 Å². The summed E-state index contributed by atoms with van der Waals surface area (Å²) in [5.74, 6) is 1.96. The minimum absolute atomic E-state index is 0.0281. The maximum Gasteiger partial charge on any atom is 0.242 e. The molecular weight excluding hydrogens is 422 g/mol. The number of hydrogen-bond donors (Lipinski definition) is 3. The van der Waals surface area contributed by atoms with Crippen LogP contribution in [0, 0.1) is 5.92 Å². The average molecular weight is 450 g/mol. The van der Waals surface area contributed by atoms with Crippen molar-refractivity contribution in [2.24, 2.45) is 5.92 Å². The normalized spacial score (nSPS) is 24.2. The second kappa shape index (κ2) is 8.80. The molecular formula is C25H27N3O5. The van der Waals surface area contributed by atoms with E-state index in [1.165, 1.54) is 0 Å². The number of para-hydroxylation sites is 1. The minimum Gasteiger partial charge on any atom is -0.508 e. The number of nitrogens with one attached hydrogen (secondary N) is 2. The van der Waals surface area contributed by atoms with Crippen LogP contribution < -0.4 is 20.3 Å². The molecule has 33 heavy (non-hydrogen) atoms. The number of carbonyl (C=O) groups is 1. The van der Waals surface area contributed by atoms with E-state index in [0.717, 1.165) is 11.1 Å². The van der Waals surface area contributed by atoms with Crippen LogP contribution in [-0.2, 0) is 11.3 Å². The molecule has 172 valence electrons. The molecule has 0 aliphatic carbocycles. The topological polar surface area (TPSA) is 96.2 Å². The number of likely N-dealkylation sites (tertiary alicyclic amines) is 1. The predicted molar refractivity (Wildman–Crippen MR) is 121 cm³/mol. The molecule has 1 aromatic heterocycles. The number of nitrogens with zero attached hydrogens (tertiary/aromatic N) is 1. The van der Waals surface area contributed by atoms with Crippen LogP contribution in [0.15, 0.2) is 65.3 Å². The third kappa shape index (κ3) is 3.71. The van der Waals surface area contributed by atoms with Crippen LogP contribution in [0.5, 0.6) is 17.2 Å². The van der Waals surface area contributed by atoms with Crippen molar-refractivity contribution in [3.8, 4) is 17.2 Å². The third-order valence-electron chi connectivity index (χ3n) is 6.42. The third-order valence-corrected chi connectivity index (χ3v) is 6.42. The fourth-order valence-corrected chi connectivity index (χ4v) is 5.01. The highest BCUT2D eigenvalue weighted by atomic mass is 16.5. The summed E-state index contributed by atoms with van der Waals surface area (Å²) >= 11 is 0. The number of fused-ring (bicyclic) bond motifs is 1. The van der Waals surface area contributed by atoms with Gasteiger partial charge in [-0.25, -0.2) is 10.9 Å². The summed E-state index contributed by atoms with van der Waals surface area (Å²) in [6.45, 7) is 2.79. The Morgan fingerprint density at radius 2 is 1.88 bits per heavy atom. The van der Waals surface area contributed by atoms with E-state index in [0.29, 0.717) is 30.4 Å². The van der Waals surface area contributed by atoms with Gasteiger partial charge in [0.2, 0.25) is 5.91 Å². The molecule has 8 nitrogen and oxygen atoms in total. The Labute approximate surface area is 192 Å². The lowest BCUT2D eigenvalue weighted by atomic mass is 9.83. The first-order valence-corrected chi connectivity index (χ1v) is 11.0. The molecule has 2 saturated heterocycles. The number of carbonyl (C=O) groups excluding carboxylic acids is 1. The maximum absolute atomic E-state index is 13.5. The van der Waals surface area contributed by atoms with Crippen LogP contribution in [0.3, 0.4) is 0 Å². The number of amides is 1. The number of aromatic hydroxyl groups is 1. The summed E-state index contributed by atoms with van der Waals surface area (Å²) in [6.07, 6.45) is 1.61. The van der Waals surface area contributed by atoms with Gasteiger partial charge >= 0.3 is 0 Å². The second-order valence-electron chi connectivity index (χ2n) is 8.21. The van der Waals surface area contributed by atoms with Crippen LogP contribution in [0.1, 0.15) is 35.9 Å². The van der Waals surface area contributed by atoms with Crippen LogP contribution in [0.2, 0.25) is 0 Å². The van der Waals surface area contributed by atoms with E-state index < -0.39 is 6.04 Å². The molecule has 4 atom stereocenters. The molecule has 1 amide bonds. The summed E-state index contributed by atoms with van der Waals surface area (Å²) < 4.78 is 16.8. The van der Waals surface area contributed by atoms with Crippen molar-refractivity contribution in [1.29, 1.82) is 0 Å². The monoisotopic (exact) mass is 449 g/mol. The van der Waals surface area contributed by atoms with Gasteiger partial charge in [-0.15, -0.1) is 0 Å². The molecule has 3 heterocycles. The molecule has 8 heteroatoms. The Kier molecular flexibility index (Phi) is 5.70. The van der Waals surface area contributed by atoms with Crippen molar-refractivity contribution in [2.45, 2.75) is 31.6 Å². The van der Waals surface area contributed by atoms with Gasteiger partial charge in [0.15, 0.2) is 11.5 Å². The van der Waals surface area contributed by atoms with Gasteiger partial charge < -0.3 is 23.9 Å². The molecule has 0 radical (unpaired) electrons. The standard InChI is InChI=1S/C25H27N3O5/c1-3-32-19-11-10-15(13-20(19)31-2)24-21-22(17-8-4-5-9-18(17)29)26-27-23(21)25(30)28(24)14-16-7-6-12-33-16/h4-13,21-24,26-27,29H,3,14H2,1-2H3. The molecule has 2 aromatic carbocycles. The van der Waals surface area contributed by atoms with Gasteiger partial charge in [0.1, 0.15) is 17.6 Å². The van der Waals surface area contributed by atoms with Gasteiger partial charge in [-0.2, -0.15) is 0 Å². The summed E-state index contributed by atoms with van der Waals surface area (Å²) in [5.41, 5.74) is 8.09. The number of rotatable bonds is 7. The van der Waals surface area contributed by atoms with Gasteiger partial charge in [-0.3, -0.25) is 4.79 Å². The molecule has 0 saturated carbocycles. The zero-order valence-electron chi connectivity index (χ0n) is 18.5. The van der Waals surface area contributed by atoms with E-state index in [4.69, 9.17) is 13.9 Å². The molecule has 4 unspecified atom stereocenters. The van der Waals surface area contributed by atoms with Crippen LogP contribution >= 0.6 is 0 Å². The van der Waals surface area contributed by atoms with E-state index in [1.54, 1.807) is 25.5 Å². The Hall–Kier alpha value is -3.49. The van der Waals surface area contributed by atoms with Crippen LogP contribution in [0.4, 0.5) is 0 Å². The number of phenols is 1. The van der Waals surface area contributed by atoms with Crippen molar-refractivity contribution in [3.05, 3.63) is 77.7 Å². The molecule has 2 aliphatic rings. The highest BCUT2D eigenvalue weighted by Crippen LogP contribution is 2.50. The molecule has 0 bridgehead atoms. The van der Waals surface area contributed by atoms with Crippen molar-refractivity contribution >= 4 is 5.91 Å². The van der Waals surface area contributed by atoms with E-state index >= 15 is 0 Å². The van der Waals surface area contributed by atoms with Crippen LogP contribution in [0.25, 0.3) is 0 Å². The van der Waals surface area contributed by atoms with Crippen molar-refractivity contribution in [2.75, 3.05) is 13.7 Å². The first-order chi connectivity index (χ1) is 16.1. The van der Waals surface area contributed by atoms with Gasteiger partial charge in [-0.05, 0) is 42.8 Å². The fourth-order valence-electron chi connectivity index (χ4n) is 5.01. The lowest BCUT2D eigenvalue weighted by Gasteiger charge is -2.31. The lowest BCUT2D eigenvalue weighted by molar-refractivity contribution is -0.131. The molecule has 2 aliphatic heterocycles. The molecule has 2 fully saturated rings. The number of hydrazine groups is 1. The molecule has 5 rings (SSSR count). The quantitative estimate of drug-likeness (QED) is 0.509. The van der Waals surface area contributed by atoms with E-state index in [-0.39, 0.29) is 29.7 Å². The van der Waals surface area contributed by atoms with Crippen molar-refractivity contribution in [1.82, 2.24) is 15.8 Å². The Balaban J connectivity index is 1.59. The smallest absolute Gasteiger partial charge is 0.242 e. The zero-order chi connectivity index (χ0) is 22.9. The number of phenolic OH excluding ortho intramolecular Hbond substituents is 1. The Morgan fingerprint density at radius 3 is 2.61 bits per heavy atom. The molecule has 3 aromatic rings. The number of benzene rings is 2.